The van der Waals surface area contributed by atoms with Crippen molar-refractivity contribution in [2.24, 2.45) is 0 Å². The summed E-state index contributed by atoms with van der Waals surface area (Å²) in [7, 11) is 0. The minimum Gasteiger partial charge on any atom is -0.456 e. The van der Waals surface area contributed by atoms with Crippen molar-refractivity contribution in [1.29, 1.82) is 0 Å². The smallest absolute Gasteiger partial charge is 0.167 e. The molecule has 0 fully saturated rings. The highest BCUT2D eigenvalue weighted by Gasteiger charge is 2.22. The summed E-state index contributed by atoms with van der Waals surface area (Å²) in [4.78, 5) is 14.9. The molecule has 0 N–H and O–H groups in total. The van der Waals surface area contributed by atoms with Crippen molar-refractivity contribution in [2.45, 2.75) is 0 Å². The highest BCUT2D eigenvalue weighted by molar-refractivity contribution is 6.21. The van der Waals surface area contributed by atoms with Gasteiger partial charge in [-0.05, 0) is 52.6 Å². The van der Waals surface area contributed by atoms with Crippen molar-refractivity contribution in [3.63, 3.8) is 0 Å². The predicted molar refractivity (Wildman–Crippen MR) is 202 cm³/mol. The molecular weight excluding hydrogens is 615 g/mol. The van der Waals surface area contributed by atoms with Crippen LogP contribution in [0.2, 0.25) is 0 Å². The van der Waals surface area contributed by atoms with E-state index < -0.39 is 0 Å². The van der Waals surface area contributed by atoms with Crippen molar-refractivity contribution in [3.05, 3.63) is 164 Å². The Morgan fingerprint density at radius 3 is 1.58 bits per heavy atom. The summed E-state index contributed by atoms with van der Waals surface area (Å²) in [5, 5.41) is 4.18. The maximum atomic E-state index is 6.76. The molecule has 5 heteroatoms. The van der Waals surface area contributed by atoms with Gasteiger partial charge in [-0.2, -0.15) is 0 Å². The molecule has 50 heavy (non-hydrogen) atoms. The van der Waals surface area contributed by atoms with Gasteiger partial charge in [-0.25, -0.2) is 15.0 Å². The van der Waals surface area contributed by atoms with Gasteiger partial charge < -0.3 is 8.83 Å². The summed E-state index contributed by atoms with van der Waals surface area (Å²) in [5.41, 5.74) is 10.2. The lowest BCUT2D eigenvalue weighted by molar-refractivity contribution is 0.668. The highest BCUT2D eigenvalue weighted by atomic mass is 16.3. The molecule has 3 heterocycles. The zero-order valence-corrected chi connectivity index (χ0v) is 26.7. The summed E-state index contributed by atoms with van der Waals surface area (Å²) >= 11 is 0. The van der Waals surface area contributed by atoms with Gasteiger partial charge in [0.1, 0.15) is 22.3 Å². The zero-order valence-electron chi connectivity index (χ0n) is 26.7. The Bertz CT molecular complexity index is 2800. The molecule has 234 valence electrons. The van der Waals surface area contributed by atoms with Gasteiger partial charge in [-0.1, -0.05) is 133 Å². The van der Waals surface area contributed by atoms with Crippen LogP contribution < -0.4 is 0 Å². The molecule has 0 spiro atoms. The highest BCUT2D eigenvalue weighted by Crippen LogP contribution is 2.45. The van der Waals surface area contributed by atoms with Crippen molar-refractivity contribution in [3.8, 4) is 56.4 Å². The largest absolute Gasteiger partial charge is 0.456 e. The number of hydrogen-bond donors (Lipinski definition) is 0. The third kappa shape index (κ3) is 4.60. The maximum absolute atomic E-state index is 6.76. The minimum atomic E-state index is 0.554. The van der Waals surface area contributed by atoms with Gasteiger partial charge in [0.25, 0.3) is 0 Å². The number of benzene rings is 7. The predicted octanol–water partition coefficient (Wildman–Crippen LogP) is 12.0. The van der Waals surface area contributed by atoms with E-state index in [0.717, 1.165) is 82.8 Å². The second-order valence-electron chi connectivity index (χ2n) is 12.4. The average Bonchev–Trinajstić information content (AvgIpc) is 3.77. The zero-order chi connectivity index (χ0) is 33.0. The molecule has 3 aromatic heterocycles. The Morgan fingerprint density at radius 2 is 0.860 bits per heavy atom. The number of nitrogens with zero attached hydrogens (tertiary/aromatic N) is 3. The fourth-order valence-corrected chi connectivity index (χ4v) is 7.04. The second kappa shape index (κ2) is 11.4. The number of para-hydroxylation sites is 2. The molecule has 0 bridgehead atoms. The minimum absolute atomic E-state index is 0.554. The normalized spacial score (nSPS) is 11.6. The Kier molecular flexibility index (Phi) is 6.42. The number of aromatic nitrogens is 3. The lowest BCUT2D eigenvalue weighted by atomic mass is 9.92. The lowest BCUT2D eigenvalue weighted by Crippen LogP contribution is -2.00. The first kappa shape index (κ1) is 28.2. The fraction of sp³-hybridized carbons (Fsp3) is 0. The van der Waals surface area contributed by atoms with Crippen molar-refractivity contribution < 1.29 is 8.83 Å². The number of furan rings is 2. The quantitative estimate of drug-likeness (QED) is 0.187. The van der Waals surface area contributed by atoms with Crippen molar-refractivity contribution in [1.82, 2.24) is 15.0 Å². The van der Waals surface area contributed by atoms with E-state index in [9.17, 15) is 0 Å². The molecule has 7 aromatic carbocycles. The molecule has 0 unspecified atom stereocenters. The summed E-state index contributed by atoms with van der Waals surface area (Å²) < 4.78 is 13.2. The van der Waals surface area contributed by atoms with E-state index >= 15 is 0 Å². The molecule has 0 aliphatic rings. The van der Waals surface area contributed by atoms with Crippen LogP contribution in [0.1, 0.15) is 0 Å². The van der Waals surface area contributed by atoms with Gasteiger partial charge in [0, 0.05) is 32.7 Å². The van der Waals surface area contributed by atoms with Crippen LogP contribution >= 0.6 is 0 Å². The Balaban J connectivity index is 1.24. The van der Waals surface area contributed by atoms with E-state index in [0.29, 0.717) is 17.5 Å². The van der Waals surface area contributed by atoms with Gasteiger partial charge in [-0.15, -0.1) is 0 Å². The Labute approximate surface area is 287 Å². The molecule has 0 atom stereocenters. The second-order valence-corrected chi connectivity index (χ2v) is 12.4. The van der Waals surface area contributed by atoms with Crippen LogP contribution in [0.5, 0.6) is 0 Å². The molecule has 10 aromatic rings. The van der Waals surface area contributed by atoms with E-state index in [2.05, 4.69) is 72.8 Å². The van der Waals surface area contributed by atoms with Gasteiger partial charge in [-0.3, -0.25) is 0 Å². The van der Waals surface area contributed by atoms with Crippen LogP contribution in [-0.2, 0) is 0 Å². The van der Waals surface area contributed by atoms with Crippen LogP contribution in [0.25, 0.3) is 100 Å². The molecule has 0 saturated carbocycles. The number of fused-ring (bicyclic) bond motifs is 6. The molecule has 0 radical (unpaired) electrons. The molecular formula is C45H27N3O2. The van der Waals surface area contributed by atoms with Crippen LogP contribution in [-0.4, -0.2) is 15.0 Å². The lowest BCUT2D eigenvalue weighted by Gasteiger charge is -2.10. The van der Waals surface area contributed by atoms with Crippen molar-refractivity contribution in [2.75, 3.05) is 0 Å². The molecule has 5 nitrogen and oxygen atoms in total. The summed E-state index contributed by atoms with van der Waals surface area (Å²) in [6, 6.07) is 55.6. The molecule has 10 rings (SSSR count). The van der Waals surface area contributed by atoms with E-state index in [1.807, 2.05) is 91.0 Å². The van der Waals surface area contributed by atoms with E-state index in [1.54, 1.807) is 0 Å². The third-order valence-corrected chi connectivity index (χ3v) is 9.34. The van der Waals surface area contributed by atoms with Gasteiger partial charge in [0.15, 0.2) is 17.5 Å². The van der Waals surface area contributed by atoms with Crippen LogP contribution in [0, 0.1) is 0 Å². The van der Waals surface area contributed by atoms with E-state index in [4.69, 9.17) is 23.8 Å². The van der Waals surface area contributed by atoms with Crippen LogP contribution in [0.15, 0.2) is 173 Å². The Morgan fingerprint density at radius 1 is 0.320 bits per heavy atom. The summed E-state index contributed by atoms with van der Waals surface area (Å²) in [5.74, 6) is 1.77. The standard InChI is InChI=1S/C45H27N3O2/c1-4-14-28(15-5-1)31-26-36(41-33-20-10-11-24-37(33)49-39(41)27-31)32-21-13-25-38-40(32)34-22-12-23-35(42(34)50-38)45-47-43(29-16-6-2-7-17-29)46-44(48-45)30-18-8-3-9-19-30/h1-27H. The van der Waals surface area contributed by atoms with E-state index in [-0.39, 0.29) is 0 Å². The number of rotatable bonds is 5. The molecule has 0 saturated heterocycles. The summed E-state index contributed by atoms with van der Waals surface area (Å²) in [6.45, 7) is 0. The third-order valence-electron chi connectivity index (χ3n) is 9.34. The Hall–Kier alpha value is -6.85. The topological polar surface area (TPSA) is 65.0 Å². The maximum Gasteiger partial charge on any atom is 0.167 e. The first-order chi connectivity index (χ1) is 24.8. The molecule has 0 aliphatic heterocycles. The molecule has 0 amide bonds. The van der Waals surface area contributed by atoms with Gasteiger partial charge in [0.2, 0.25) is 0 Å². The average molecular weight is 642 g/mol. The SMILES string of the molecule is c1ccc(-c2cc(-c3cccc4oc5c(-c6nc(-c7ccccc7)nc(-c7ccccc7)n6)cccc5c34)c3c(c2)oc2ccccc23)cc1. The first-order valence-electron chi connectivity index (χ1n) is 16.6. The fourth-order valence-electron chi connectivity index (χ4n) is 7.04. The first-order valence-corrected chi connectivity index (χ1v) is 16.6. The van der Waals surface area contributed by atoms with Gasteiger partial charge >= 0.3 is 0 Å². The van der Waals surface area contributed by atoms with Crippen LogP contribution in [0.4, 0.5) is 0 Å². The van der Waals surface area contributed by atoms with Gasteiger partial charge in [0.05, 0.1) is 5.56 Å². The van der Waals surface area contributed by atoms with Crippen molar-refractivity contribution >= 4 is 43.9 Å². The van der Waals surface area contributed by atoms with E-state index in [1.165, 1.54) is 0 Å². The summed E-state index contributed by atoms with van der Waals surface area (Å²) in [6.07, 6.45) is 0. The van der Waals surface area contributed by atoms with Crippen LogP contribution in [0.3, 0.4) is 0 Å². The monoisotopic (exact) mass is 641 g/mol. The molecule has 0 aliphatic carbocycles. The number of hydrogen-bond acceptors (Lipinski definition) is 5.